The van der Waals surface area contributed by atoms with Crippen LogP contribution in [0.1, 0.15) is 24.1 Å². The molecule has 1 heterocycles. The van der Waals surface area contributed by atoms with Gasteiger partial charge in [0.15, 0.2) is 0 Å². The zero-order valence-corrected chi connectivity index (χ0v) is 7.34. The van der Waals surface area contributed by atoms with E-state index in [-0.39, 0.29) is 6.10 Å². The summed E-state index contributed by atoms with van der Waals surface area (Å²) >= 11 is 1.80. The molecule has 1 aliphatic rings. The first kappa shape index (κ1) is 7.32. The lowest BCUT2D eigenvalue weighted by atomic mass is 10.2. The lowest BCUT2D eigenvalue weighted by Gasteiger charge is -1.99. The van der Waals surface area contributed by atoms with Gasteiger partial charge in [0.25, 0.3) is 0 Å². The summed E-state index contributed by atoms with van der Waals surface area (Å²) < 4.78 is 0. The van der Waals surface area contributed by atoms with Gasteiger partial charge >= 0.3 is 0 Å². The number of thiophene rings is 1. The van der Waals surface area contributed by atoms with E-state index in [1.54, 1.807) is 11.3 Å². The van der Waals surface area contributed by atoms with Crippen molar-refractivity contribution >= 4 is 11.3 Å². The van der Waals surface area contributed by atoms with Crippen molar-refractivity contribution in [2.75, 3.05) is 0 Å². The van der Waals surface area contributed by atoms with Crippen LogP contribution >= 0.6 is 11.3 Å². The molecule has 0 saturated heterocycles. The molecule has 3 atom stereocenters. The molecule has 0 amide bonds. The zero-order valence-electron chi connectivity index (χ0n) is 6.53. The fourth-order valence-corrected chi connectivity index (χ4v) is 2.49. The Labute approximate surface area is 70.7 Å². The summed E-state index contributed by atoms with van der Waals surface area (Å²) in [7, 11) is 0. The van der Waals surface area contributed by atoms with Gasteiger partial charge in [-0.25, -0.2) is 0 Å². The van der Waals surface area contributed by atoms with Crippen LogP contribution in [-0.4, -0.2) is 11.2 Å². The van der Waals surface area contributed by atoms with Crippen molar-refractivity contribution in [2.24, 2.45) is 5.92 Å². The van der Waals surface area contributed by atoms with E-state index in [9.17, 15) is 5.11 Å². The van der Waals surface area contributed by atoms with E-state index >= 15 is 0 Å². The van der Waals surface area contributed by atoms with Gasteiger partial charge in [-0.3, -0.25) is 0 Å². The Bertz CT molecular complexity index is 228. The molecule has 2 heteroatoms. The van der Waals surface area contributed by atoms with Gasteiger partial charge in [-0.2, -0.15) is 0 Å². The molecule has 0 spiro atoms. The van der Waals surface area contributed by atoms with Crippen molar-refractivity contribution < 1.29 is 5.11 Å². The molecule has 2 rings (SSSR count). The van der Waals surface area contributed by atoms with Gasteiger partial charge in [-0.1, -0.05) is 6.07 Å². The molecule has 0 radical (unpaired) electrons. The van der Waals surface area contributed by atoms with Crippen LogP contribution in [0.25, 0.3) is 0 Å². The fraction of sp³-hybridized carbons (Fsp3) is 0.556. The molecule has 11 heavy (non-hydrogen) atoms. The van der Waals surface area contributed by atoms with E-state index in [1.807, 2.05) is 6.92 Å². The highest BCUT2D eigenvalue weighted by Gasteiger charge is 2.41. The number of rotatable bonds is 2. The highest BCUT2D eigenvalue weighted by molar-refractivity contribution is 7.10. The Morgan fingerprint density at radius 2 is 2.55 bits per heavy atom. The topological polar surface area (TPSA) is 20.2 Å². The number of hydrogen-bond acceptors (Lipinski definition) is 2. The monoisotopic (exact) mass is 168 g/mol. The first-order chi connectivity index (χ1) is 5.29. The first-order valence-electron chi connectivity index (χ1n) is 4.00. The van der Waals surface area contributed by atoms with Crippen molar-refractivity contribution in [3.63, 3.8) is 0 Å². The Morgan fingerprint density at radius 3 is 3.00 bits per heavy atom. The Hall–Kier alpha value is -0.340. The minimum absolute atomic E-state index is 0.123. The third-order valence-corrected chi connectivity index (χ3v) is 3.37. The molecular formula is C9H12OS. The van der Waals surface area contributed by atoms with Gasteiger partial charge in [0, 0.05) is 4.88 Å². The summed E-state index contributed by atoms with van der Waals surface area (Å²) in [5, 5.41) is 11.4. The lowest BCUT2D eigenvalue weighted by Crippen LogP contribution is -2.02. The summed E-state index contributed by atoms with van der Waals surface area (Å²) in [5.41, 5.74) is 0. The third kappa shape index (κ3) is 1.33. The number of aliphatic hydroxyl groups is 1. The Kier molecular flexibility index (Phi) is 1.74. The molecule has 1 aromatic rings. The molecule has 1 N–H and O–H groups in total. The lowest BCUT2D eigenvalue weighted by molar-refractivity contribution is 0.169. The summed E-state index contributed by atoms with van der Waals surface area (Å²) in [5.74, 6) is 1.20. The van der Waals surface area contributed by atoms with Crippen LogP contribution in [0.15, 0.2) is 17.5 Å². The maximum absolute atomic E-state index is 9.27. The van der Waals surface area contributed by atoms with E-state index < -0.39 is 0 Å². The normalized spacial score (nSPS) is 31.8. The van der Waals surface area contributed by atoms with Gasteiger partial charge < -0.3 is 5.11 Å². The van der Waals surface area contributed by atoms with Crippen molar-refractivity contribution in [1.29, 1.82) is 0 Å². The largest absolute Gasteiger partial charge is 0.393 e. The predicted octanol–water partition coefficient (Wildman–Crippen LogP) is 2.23. The molecule has 0 unspecified atom stereocenters. The molecule has 1 aliphatic carbocycles. The van der Waals surface area contributed by atoms with Crippen LogP contribution < -0.4 is 0 Å². The Morgan fingerprint density at radius 1 is 1.73 bits per heavy atom. The molecule has 1 fully saturated rings. The maximum Gasteiger partial charge on any atom is 0.0546 e. The maximum atomic E-state index is 9.27. The molecule has 1 aromatic heterocycles. The number of hydrogen-bond donors (Lipinski definition) is 1. The SMILES string of the molecule is C[C@H](O)[C@H]1C[C@H]1c1cccs1. The quantitative estimate of drug-likeness (QED) is 0.718. The van der Waals surface area contributed by atoms with Crippen molar-refractivity contribution in [3.8, 4) is 0 Å². The van der Waals surface area contributed by atoms with Crippen LogP contribution in [0, 0.1) is 5.92 Å². The molecule has 1 nitrogen and oxygen atoms in total. The van der Waals surface area contributed by atoms with Gasteiger partial charge in [-0.05, 0) is 36.6 Å². The first-order valence-corrected chi connectivity index (χ1v) is 4.88. The second kappa shape index (κ2) is 2.61. The minimum atomic E-state index is -0.123. The molecule has 0 aromatic carbocycles. The second-order valence-electron chi connectivity index (χ2n) is 3.26. The van der Waals surface area contributed by atoms with E-state index in [0.29, 0.717) is 11.8 Å². The van der Waals surface area contributed by atoms with Crippen LogP contribution in [0.3, 0.4) is 0 Å². The highest BCUT2D eigenvalue weighted by Crippen LogP contribution is 2.50. The van der Waals surface area contributed by atoms with E-state index in [1.165, 1.54) is 11.3 Å². The van der Waals surface area contributed by atoms with Crippen molar-refractivity contribution in [3.05, 3.63) is 22.4 Å². The van der Waals surface area contributed by atoms with Crippen molar-refractivity contribution in [1.82, 2.24) is 0 Å². The van der Waals surface area contributed by atoms with Crippen LogP contribution in [0.2, 0.25) is 0 Å². The van der Waals surface area contributed by atoms with Gasteiger partial charge in [0.2, 0.25) is 0 Å². The van der Waals surface area contributed by atoms with Gasteiger partial charge in [0.1, 0.15) is 0 Å². The molecular weight excluding hydrogens is 156 g/mol. The fourth-order valence-electron chi connectivity index (χ4n) is 1.58. The summed E-state index contributed by atoms with van der Waals surface area (Å²) in [6.45, 7) is 1.89. The minimum Gasteiger partial charge on any atom is -0.393 e. The number of aliphatic hydroxyl groups excluding tert-OH is 1. The standard InChI is InChI=1S/C9H12OS/c1-6(10)7-5-8(7)9-3-2-4-11-9/h2-4,6-8,10H,5H2,1H3/t6-,7+,8+/m0/s1. The Balaban J connectivity index is 2.02. The highest BCUT2D eigenvalue weighted by atomic mass is 32.1. The van der Waals surface area contributed by atoms with Crippen LogP contribution in [0.5, 0.6) is 0 Å². The van der Waals surface area contributed by atoms with Crippen LogP contribution in [0.4, 0.5) is 0 Å². The molecule has 60 valence electrons. The third-order valence-electron chi connectivity index (χ3n) is 2.37. The summed E-state index contributed by atoms with van der Waals surface area (Å²) in [4.78, 5) is 1.44. The molecule has 0 aliphatic heterocycles. The average Bonchev–Trinajstić information content (AvgIpc) is 2.60. The van der Waals surface area contributed by atoms with Gasteiger partial charge in [0.05, 0.1) is 6.10 Å². The van der Waals surface area contributed by atoms with Crippen LogP contribution in [-0.2, 0) is 0 Å². The average molecular weight is 168 g/mol. The van der Waals surface area contributed by atoms with Gasteiger partial charge in [-0.15, -0.1) is 11.3 Å². The summed E-state index contributed by atoms with van der Waals surface area (Å²) in [6, 6.07) is 4.25. The smallest absolute Gasteiger partial charge is 0.0546 e. The second-order valence-corrected chi connectivity index (χ2v) is 4.24. The molecule has 0 bridgehead atoms. The molecule has 1 saturated carbocycles. The van der Waals surface area contributed by atoms with Crippen molar-refractivity contribution in [2.45, 2.75) is 25.4 Å². The van der Waals surface area contributed by atoms with E-state index in [0.717, 1.165) is 0 Å². The van der Waals surface area contributed by atoms with E-state index in [4.69, 9.17) is 0 Å². The predicted molar refractivity (Wildman–Crippen MR) is 46.8 cm³/mol. The zero-order chi connectivity index (χ0) is 7.84. The summed E-state index contributed by atoms with van der Waals surface area (Å²) in [6.07, 6.45) is 1.06. The van der Waals surface area contributed by atoms with E-state index in [2.05, 4.69) is 17.5 Å².